The molecule has 184 valence electrons. The lowest BCUT2D eigenvalue weighted by Crippen LogP contribution is -2.31. The van der Waals surface area contributed by atoms with E-state index in [1.54, 1.807) is 47.4 Å². The standard InChI is InChI=1S/C27H27N5O3S/c1-3-32(4-2)36(34,35)24-12-8-7-11-21(24)18-13-14-23-22(15-18)25(30-27(28)29-23)26(33)31-16-19-9-5-6-10-20(19)17-31/h5-15H,3-4,16-17H2,1-2H3,(H2,28,29,30). The first-order chi connectivity index (χ1) is 17.3. The van der Waals surface area contributed by atoms with E-state index in [-0.39, 0.29) is 22.4 Å². The number of carbonyl (C=O) groups is 1. The SMILES string of the molecule is CCN(CC)S(=O)(=O)c1ccccc1-c1ccc2nc(N)nc(C(=O)N3Cc4ccccc4C3)c2c1. The smallest absolute Gasteiger partial charge is 0.273 e. The second-order valence-corrected chi connectivity index (χ2v) is 10.6. The zero-order valence-electron chi connectivity index (χ0n) is 20.2. The van der Waals surface area contributed by atoms with Crippen LogP contribution in [0.1, 0.15) is 35.5 Å². The molecule has 0 bridgehead atoms. The molecule has 3 aromatic carbocycles. The van der Waals surface area contributed by atoms with Gasteiger partial charge in [0.1, 0.15) is 5.69 Å². The molecule has 1 aliphatic rings. The number of rotatable bonds is 6. The summed E-state index contributed by atoms with van der Waals surface area (Å²) in [5.41, 5.74) is 10.1. The maximum absolute atomic E-state index is 13.6. The van der Waals surface area contributed by atoms with Crippen molar-refractivity contribution < 1.29 is 13.2 Å². The van der Waals surface area contributed by atoms with Crippen LogP contribution in [-0.2, 0) is 23.1 Å². The summed E-state index contributed by atoms with van der Waals surface area (Å²) in [7, 11) is -3.70. The maximum atomic E-state index is 13.6. The number of fused-ring (bicyclic) bond motifs is 2. The zero-order chi connectivity index (χ0) is 25.4. The molecule has 0 saturated carbocycles. The molecule has 5 rings (SSSR count). The molecule has 2 heterocycles. The van der Waals surface area contributed by atoms with E-state index in [1.807, 2.05) is 38.1 Å². The molecule has 8 nitrogen and oxygen atoms in total. The van der Waals surface area contributed by atoms with Crippen molar-refractivity contribution in [2.24, 2.45) is 0 Å². The molecule has 0 fully saturated rings. The van der Waals surface area contributed by atoms with Crippen LogP contribution in [0.15, 0.2) is 71.6 Å². The van der Waals surface area contributed by atoms with Gasteiger partial charge in [0, 0.05) is 37.1 Å². The number of sulfonamides is 1. The number of anilines is 1. The minimum atomic E-state index is -3.70. The molecular formula is C27H27N5O3S. The Morgan fingerprint density at radius 2 is 1.58 bits per heavy atom. The Bertz CT molecular complexity index is 1560. The normalized spacial score (nSPS) is 13.4. The molecule has 36 heavy (non-hydrogen) atoms. The summed E-state index contributed by atoms with van der Waals surface area (Å²) in [5, 5.41) is 0.526. The average molecular weight is 502 g/mol. The molecule has 1 aliphatic heterocycles. The second-order valence-electron chi connectivity index (χ2n) is 8.68. The third-order valence-electron chi connectivity index (χ3n) is 6.56. The molecule has 0 spiro atoms. The van der Waals surface area contributed by atoms with E-state index in [4.69, 9.17) is 5.73 Å². The fourth-order valence-electron chi connectivity index (χ4n) is 4.74. The predicted molar refractivity (Wildman–Crippen MR) is 140 cm³/mol. The third kappa shape index (κ3) is 4.10. The van der Waals surface area contributed by atoms with Crippen LogP contribution in [0.2, 0.25) is 0 Å². The van der Waals surface area contributed by atoms with E-state index >= 15 is 0 Å². The molecule has 1 aromatic heterocycles. The largest absolute Gasteiger partial charge is 0.368 e. The van der Waals surface area contributed by atoms with Crippen molar-refractivity contribution in [2.45, 2.75) is 31.8 Å². The van der Waals surface area contributed by atoms with Gasteiger partial charge in [-0.25, -0.2) is 18.4 Å². The highest BCUT2D eigenvalue weighted by Gasteiger charge is 2.28. The lowest BCUT2D eigenvalue weighted by atomic mass is 10.0. The second kappa shape index (κ2) is 9.33. The topological polar surface area (TPSA) is 109 Å². The molecule has 4 aromatic rings. The van der Waals surface area contributed by atoms with E-state index in [9.17, 15) is 13.2 Å². The molecule has 0 radical (unpaired) electrons. The van der Waals surface area contributed by atoms with Crippen LogP contribution in [0.3, 0.4) is 0 Å². The summed E-state index contributed by atoms with van der Waals surface area (Å²) in [6.07, 6.45) is 0. The molecule has 9 heteroatoms. The zero-order valence-corrected chi connectivity index (χ0v) is 21.0. The number of nitrogens with two attached hydrogens (primary N) is 1. The van der Waals surface area contributed by atoms with Crippen molar-refractivity contribution in [3.63, 3.8) is 0 Å². The van der Waals surface area contributed by atoms with E-state index in [2.05, 4.69) is 9.97 Å². The Morgan fingerprint density at radius 1 is 0.944 bits per heavy atom. The molecule has 1 amide bonds. The van der Waals surface area contributed by atoms with Gasteiger partial charge >= 0.3 is 0 Å². The van der Waals surface area contributed by atoms with E-state index in [1.165, 1.54) is 4.31 Å². The van der Waals surface area contributed by atoms with Gasteiger partial charge in [0.05, 0.1) is 10.4 Å². The van der Waals surface area contributed by atoms with Gasteiger partial charge in [-0.1, -0.05) is 62.4 Å². The number of amides is 1. The Kier molecular flexibility index (Phi) is 6.19. The van der Waals surface area contributed by atoms with Crippen LogP contribution in [0.4, 0.5) is 5.95 Å². The van der Waals surface area contributed by atoms with E-state index in [0.29, 0.717) is 48.2 Å². The maximum Gasteiger partial charge on any atom is 0.273 e. The Hall–Kier alpha value is -3.82. The summed E-state index contributed by atoms with van der Waals surface area (Å²) in [6, 6.07) is 20.2. The van der Waals surface area contributed by atoms with Crippen molar-refractivity contribution in [2.75, 3.05) is 18.8 Å². The Morgan fingerprint density at radius 3 is 2.25 bits per heavy atom. The van der Waals surface area contributed by atoms with Crippen molar-refractivity contribution in [3.05, 3.63) is 83.6 Å². The molecular weight excluding hydrogens is 474 g/mol. The van der Waals surface area contributed by atoms with Crippen molar-refractivity contribution >= 4 is 32.8 Å². The Labute approximate surface area is 210 Å². The number of aromatic nitrogens is 2. The minimum Gasteiger partial charge on any atom is -0.368 e. The molecule has 0 aliphatic carbocycles. The van der Waals surface area contributed by atoms with Crippen LogP contribution < -0.4 is 5.73 Å². The van der Waals surface area contributed by atoms with Gasteiger partial charge in [0.15, 0.2) is 0 Å². The van der Waals surface area contributed by atoms with Crippen molar-refractivity contribution in [1.29, 1.82) is 0 Å². The summed E-state index contributed by atoms with van der Waals surface area (Å²) < 4.78 is 28.2. The summed E-state index contributed by atoms with van der Waals surface area (Å²) in [5.74, 6) is -0.230. The van der Waals surface area contributed by atoms with Crippen LogP contribution in [-0.4, -0.2) is 46.6 Å². The molecule has 2 N–H and O–H groups in total. The van der Waals surface area contributed by atoms with Crippen LogP contribution in [0, 0.1) is 0 Å². The highest BCUT2D eigenvalue weighted by molar-refractivity contribution is 7.89. The van der Waals surface area contributed by atoms with Gasteiger partial charge in [0.25, 0.3) is 5.91 Å². The van der Waals surface area contributed by atoms with Crippen molar-refractivity contribution in [1.82, 2.24) is 19.2 Å². The average Bonchev–Trinajstić information content (AvgIpc) is 3.32. The highest BCUT2D eigenvalue weighted by Crippen LogP contribution is 2.33. The first-order valence-corrected chi connectivity index (χ1v) is 13.3. The van der Waals surface area contributed by atoms with Crippen molar-refractivity contribution in [3.8, 4) is 11.1 Å². The van der Waals surface area contributed by atoms with Gasteiger partial charge in [-0.05, 0) is 34.9 Å². The number of carbonyl (C=O) groups excluding carboxylic acids is 1. The van der Waals surface area contributed by atoms with E-state index < -0.39 is 10.0 Å². The number of nitrogens with zero attached hydrogens (tertiary/aromatic N) is 4. The summed E-state index contributed by atoms with van der Waals surface area (Å²) in [6.45, 7) is 5.35. The molecule has 0 unspecified atom stereocenters. The molecule has 0 atom stereocenters. The van der Waals surface area contributed by atoms with Gasteiger partial charge in [-0.15, -0.1) is 0 Å². The highest BCUT2D eigenvalue weighted by atomic mass is 32.2. The monoisotopic (exact) mass is 501 g/mol. The van der Waals surface area contributed by atoms with Crippen LogP contribution in [0.5, 0.6) is 0 Å². The van der Waals surface area contributed by atoms with Gasteiger partial charge < -0.3 is 10.6 Å². The van der Waals surface area contributed by atoms with Gasteiger partial charge in [0.2, 0.25) is 16.0 Å². The predicted octanol–water partition coefficient (Wildman–Crippen LogP) is 4.07. The minimum absolute atomic E-state index is 0.0137. The third-order valence-corrected chi connectivity index (χ3v) is 8.67. The first-order valence-electron chi connectivity index (χ1n) is 11.9. The number of hydrogen-bond donors (Lipinski definition) is 1. The van der Waals surface area contributed by atoms with E-state index in [0.717, 1.165) is 11.1 Å². The van der Waals surface area contributed by atoms with Gasteiger partial charge in [-0.3, -0.25) is 4.79 Å². The van der Waals surface area contributed by atoms with Crippen LogP contribution in [0.25, 0.3) is 22.0 Å². The summed E-state index contributed by atoms with van der Waals surface area (Å²) >= 11 is 0. The Balaban J connectivity index is 1.61. The fourth-order valence-corrected chi connectivity index (χ4v) is 6.41. The number of benzene rings is 3. The summed E-state index contributed by atoms with van der Waals surface area (Å²) in [4.78, 5) is 24.2. The lowest BCUT2D eigenvalue weighted by molar-refractivity contribution is 0.0747. The van der Waals surface area contributed by atoms with Crippen LogP contribution >= 0.6 is 0 Å². The fraction of sp³-hybridized carbons (Fsp3) is 0.222. The van der Waals surface area contributed by atoms with Gasteiger partial charge in [-0.2, -0.15) is 4.31 Å². The lowest BCUT2D eigenvalue weighted by Gasteiger charge is -2.21. The molecule has 0 saturated heterocycles. The number of hydrogen-bond acceptors (Lipinski definition) is 6. The quantitative estimate of drug-likeness (QED) is 0.427. The number of nitrogen functional groups attached to an aromatic ring is 1. The first kappa shape index (κ1) is 23.9.